The highest BCUT2D eigenvalue weighted by atomic mass is 16.2. The molecule has 0 saturated carbocycles. The number of nitrogens with one attached hydrogen (secondary N) is 1. The highest BCUT2D eigenvalue weighted by Gasteiger charge is 2.31. The van der Waals surface area contributed by atoms with Crippen LogP contribution in [0.2, 0.25) is 0 Å². The Morgan fingerprint density at radius 2 is 1.83 bits per heavy atom. The molecule has 1 saturated heterocycles. The first kappa shape index (κ1) is 17.9. The molecule has 1 fully saturated rings. The minimum atomic E-state index is -0.236. The third-order valence-electron chi connectivity index (χ3n) is 6.25. The molecule has 1 aliphatic carbocycles. The lowest BCUT2D eigenvalue weighted by Gasteiger charge is -2.32. The molecule has 1 aromatic heterocycles. The number of aryl methyl sites for hydroxylation is 2. The maximum absolute atomic E-state index is 13.4. The largest absolute Gasteiger partial charge is 0.338 e. The summed E-state index contributed by atoms with van der Waals surface area (Å²) in [5.74, 6) is -0.215. The first-order valence-corrected chi connectivity index (χ1v) is 10.2. The second-order valence-corrected chi connectivity index (χ2v) is 8.01. The molecule has 0 unspecified atom stereocenters. The SMILES string of the molecule is O=C(c1ccc2c3c(cccc13)CC2)[C@H]1CCCN(C(=O)c2ccc(=O)[nH]c2)C1. The summed E-state index contributed by atoms with van der Waals surface area (Å²) in [5, 5.41) is 2.29. The predicted octanol–water partition coefficient (Wildman–Crippen LogP) is 3.36. The third-order valence-corrected chi connectivity index (χ3v) is 6.25. The molecular formula is C24H22N2O3. The second-order valence-electron chi connectivity index (χ2n) is 8.01. The summed E-state index contributed by atoms with van der Waals surface area (Å²) in [6.45, 7) is 1.05. The number of carbonyl (C=O) groups excluding carboxylic acids is 2. The number of hydrogen-bond acceptors (Lipinski definition) is 3. The van der Waals surface area contributed by atoms with Gasteiger partial charge in [0.15, 0.2) is 5.78 Å². The van der Waals surface area contributed by atoms with E-state index in [0.717, 1.165) is 36.6 Å². The average molecular weight is 386 g/mol. The van der Waals surface area contributed by atoms with Gasteiger partial charge in [-0.05, 0) is 53.6 Å². The Balaban J connectivity index is 1.42. The fourth-order valence-corrected chi connectivity index (χ4v) is 4.78. The number of piperidine rings is 1. The molecule has 146 valence electrons. The van der Waals surface area contributed by atoms with E-state index in [1.807, 2.05) is 18.2 Å². The molecule has 1 aliphatic heterocycles. The van der Waals surface area contributed by atoms with Crippen molar-refractivity contribution in [1.82, 2.24) is 9.88 Å². The van der Waals surface area contributed by atoms with E-state index in [4.69, 9.17) is 0 Å². The number of ketones is 1. The van der Waals surface area contributed by atoms with Crippen molar-refractivity contribution in [3.05, 3.63) is 81.3 Å². The number of amides is 1. The van der Waals surface area contributed by atoms with Crippen LogP contribution < -0.4 is 5.56 Å². The molecule has 0 radical (unpaired) electrons. The van der Waals surface area contributed by atoms with Gasteiger partial charge >= 0.3 is 0 Å². The number of rotatable bonds is 3. The molecular weight excluding hydrogens is 364 g/mol. The molecule has 2 aromatic carbocycles. The summed E-state index contributed by atoms with van der Waals surface area (Å²) in [4.78, 5) is 41.8. The van der Waals surface area contributed by atoms with E-state index in [1.54, 1.807) is 4.90 Å². The Bertz CT molecular complexity index is 1160. The van der Waals surface area contributed by atoms with E-state index >= 15 is 0 Å². The highest BCUT2D eigenvalue weighted by Crippen LogP contribution is 2.34. The average Bonchev–Trinajstić information content (AvgIpc) is 3.19. The zero-order chi connectivity index (χ0) is 20.0. The standard InChI is InChI=1S/C24H22N2O3/c27-21-11-9-17(13-25-21)24(29)26-12-2-4-18(14-26)23(28)20-10-8-16-7-6-15-3-1-5-19(20)22(15)16/h1,3,5,8-11,13,18H,2,4,6-7,12,14H2,(H,25,27)/t18-/m0/s1. The van der Waals surface area contributed by atoms with Gasteiger partial charge in [-0.25, -0.2) is 0 Å². The fraction of sp³-hybridized carbons (Fsp3) is 0.292. The van der Waals surface area contributed by atoms with Crippen LogP contribution in [0.15, 0.2) is 53.5 Å². The lowest BCUT2D eigenvalue weighted by molar-refractivity contribution is 0.0637. The van der Waals surface area contributed by atoms with Gasteiger partial charge in [0.2, 0.25) is 5.56 Å². The summed E-state index contributed by atoms with van der Waals surface area (Å²) >= 11 is 0. The highest BCUT2D eigenvalue weighted by molar-refractivity contribution is 6.11. The Hall–Kier alpha value is -3.21. The van der Waals surface area contributed by atoms with Gasteiger partial charge in [0.05, 0.1) is 5.56 Å². The zero-order valence-electron chi connectivity index (χ0n) is 16.1. The van der Waals surface area contributed by atoms with E-state index in [-0.39, 0.29) is 23.2 Å². The minimum absolute atomic E-state index is 0.125. The van der Waals surface area contributed by atoms with Crippen LogP contribution in [-0.2, 0) is 12.8 Å². The maximum atomic E-state index is 13.4. The minimum Gasteiger partial charge on any atom is -0.338 e. The number of likely N-dealkylation sites (tertiary alicyclic amines) is 1. The van der Waals surface area contributed by atoms with Crippen molar-refractivity contribution in [3.63, 3.8) is 0 Å². The van der Waals surface area contributed by atoms with Crippen LogP contribution in [-0.4, -0.2) is 34.7 Å². The maximum Gasteiger partial charge on any atom is 0.255 e. The Labute approximate surface area is 168 Å². The number of Topliss-reactive ketones (excluding diaryl/α,β-unsaturated/α-hetero) is 1. The van der Waals surface area contributed by atoms with Crippen molar-refractivity contribution in [1.29, 1.82) is 0 Å². The molecule has 1 N–H and O–H groups in total. The van der Waals surface area contributed by atoms with Crippen molar-refractivity contribution in [3.8, 4) is 0 Å². The predicted molar refractivity (Wildman–Crippen MR) is 111 cm³/mol. The number of H-pyrrole nitrogens is 1. The van der Waals surface area contributed by atoms with Crippen LogP contribution in [0.3, 0.4) is 0 Å². The third kappa shape index (κ3) is 3.07. The van der Waals surface area contributed by atoms with Gasteiger partial charge < -0.3 is 9.88 Å². The molecule has 5 heteroatoms. The molecule has 5 nitrogen and oxygen atoms in total. The number of nitrogens with zero attached hydrogens (tertiary/aromatic N) is 1. The number of hydrogen-bond donors (Lipinski definition) is 1. The Morgan fingerprint density at radius 1 is 1.00 bits per heavy atom. The molecule has 1 atom stereocenters. The van der Waals surface area contributed by atoms with Crippen LogP contribution in [0.4, 0.5) is 0 Å². The molecule has 3 aromatic rings. The zero-order valence-corrected chi connectivity index (χ0v) is 16.1. The van der Waals surface area contributed by atoms with Crippen LogP contribution in [0.5, 0.6) is 0 Å². The number of aromatic amines is 1. The van der Waals surface area contributed by atoms with Gasteiger partial charge in [-0.15, -0.1) is 0 Å². The van der Waals surface area contributed by atoms with Crippen molar-refractivity contribution < 1.29 is 9.59 Å². The summed E-state index contributed by atoms with van der Waals surface area (Å²) in [7, 11) is 0. The van der Waals surface area contributed by atoms with Crippen molar-refractivity contribution >= 4 is 22.5 Å². The molecule has 0 bridgehead atoms. The summed E-state index contributed by atoms with van der Waals surface area (Å²) in [6.07, 6.45) is 5.10. The number of benzene rings is 2. The van der Waals surface area contributed by atoms with Gasteiger partial charge in [0.25, 0.3) is 5.91 Å². The molecule has 0 spiro atoms. The topological polar surface area (TPSA) is 70.2 Å². The second kappa shape index (κ2) is 6.99. The normalized spacial score (nSPS) is 18.2. The Kier molecular flexibility index (Phi) is 4.31. The van der Waals surface area contributed by atoms with Gasteiger partial charge in [0, 0.05) is 36.8 Å². The lowest BCUT2D eigenvalue weighted by atomic mass is 9.87. The van der Waals surface area contributed by atoms with Crippen LogP contribution in [0, 0.1) is 5.92 Å². The summed E-state index contributed by atoms with van der Waals surface area (Å²) in [5.41, 5.74) is 3.63. The Morgan fingerprint density at radius 3 is 2.62 bits per heavy atom. The summed E-state index contributed by atoms with van der Waals surface area (Å²) in [6, 6.07) is 13.2. The molecule has 5 rings (SSSR count). The van der Waals surface area contributed by atoms with Gasteiger partial charge in [-0.3, -0.25) is 14.4 Å². The van der Waals surface area contributed by atoms with E-state index < -0.39 is 0 Å². The molecule has 2 aliphatic rings. The fourth-order valence-electron chi connectivity index (χ4n) is 4.78. The van der Waals surface area contributed by atoms with Crippen molar-refractivity contribution in [2.75, 3.05) is 13.1 Å². The van der Waals surface area contributed by atoms with Gasteiger partial charge in [-0.1, -0.05) is 30.3 Å². The lowest BCUT2D eigenvalue weighted by Crippen LogP contribution is -2.42. The van der Waals surface area contributed by atoms with Gasteiger partial charge in [0.1, 0.15) is 0 Å². The first-order chi connectivity index (χ1) is 14.1. The van der Waals surface area contributed by atoms with Gasteiger partial charge in [-0.2, -0.15) is 0 Å². The van der Waals surface area contributed by atoms with E-state index in [1.165, 1.54) is 34.8 Å². The smallest absolute Gasteiger partial charge is 0.255 e. The first-order valence-electron chi connectivity index (χ1n) is 10.2. The van der Waals surface area contributed by atoms with Crippen LogP contribution >= 0.6 is 0 Å². The molecule has 1 amide bonds. The quantitative estimate of drug-likeness (QED) is 0.702. The number of carbonyl (C=O) groups is 2. The number of pyridine rings is 1. The van der Waals surface area contributed by atoms with Crippen molar-refractivity contribution in [2.24, 2.45) is 5.92 Å². The van der Waals surface area contributed by atoms with E-state index in [9.17, 15) is 14.4 Å². The van der Waals surface area contributed by atoms with E-state index in [0.29, 0.717) is 18.7 Å². The van der Waals surface area contributed by atoms with Crippen LogP contribution in [0.25, 0.3) is 10.8 Å². The molecule has 2 heterocycles. The monoisotopic (exact) mass is 386 g/mol. The van der Waals surface area contributed by atoms with E-state index in [2.05, 4.69) is 17.1 Å². The number of aromatic nitrogens is 1. The van der Waals surface area contributed by atoms with Crippen LogP contribution in [0.1, 0.15) is 44.7 Å². The van der Waals surface area contributed by atoms with Crippen molar-refractivity contribution in [2.45, 2.75) is 25.7 Å². The molecule has 29 heavy (non-hydrogen) atoms. The summed E-state index contributed by atoms with van der Waals surface area (Å²) < 4.78 is 0.